The first-order valence-electron chi connectivity index (χ1n) is 8.68. The third-order valence-electron chi connectivity index (χ3n) is 4.25. The Balaban J connectivity index is 2.15. The molecular weight excluding hydrogens is 416 g/mol. The van der Waals surface area contributed by atoms with Crippen molar-refractivity contribution < 1.29 is 19.1 Å². The van der Waals surface area contributed by atoms with Crippen LogP contribution in [0.15, 0.2) is 16.6 Å². The van der Waals surface area contributed by atoms with Crippen molar-refractivity contribution in [1.29, 1.82) is 0 Å². The minimum atomic E-state index is -1.21. The summed E-state index contributed by atoms with van der Waals surface area (Å²) in [6.07, 6.45) is 0.266. The zero-order valence-electron chi connectivity index (χ0n) is 16.1. The van der Waals surface area contributed by atoms with Crippen LogP contribution in [0.4, 0.5) is 10.5 Å². The van der Waals surface area contributed by atoms with E-state index in [0.29, 0.717) is 24.6 Å². The summed E-state index contributed by atoms with van der Waals surface area (Å²) in [6, 6.07) is 4.38. The highest BCUT2D eigenvalue weighted by atomic mass is 79.9. The molecule has 2 rings (SSSR count). The normalized spacial score (nSPS) is 15.6. The van der Waals surface area contributed by atoms with Gasteiger partial charge in [-0.2, -0.15) is 0 Å². The largest absolute Gasteiger partial charge is 0.495 e. The van der Waals surface area contributed by atoms with E-state index >= 15 is 0 Å². The van der Waals surface area contributed by atoms with Crippen molar-refractivity contribution in [2.75, 3.05) is 31.9 Å². The molecule has 26 heavy (non-hydrogen) atoms. The molecule has 1 aromatic carbocycles. The predicted molar refractivity (Wildman–Crippen MR) is 109 cm³/mol. The van der Waals surface area contributed by atoms with E-state index < -0.39 is 8.07 Å². The van der Waals surface area contributed by atoms with E-state index in [9.17, 15) is 9.59 Å². The fourth-order valence-corrected chi connectivity index (χ4v) is 4.07. The number of benzene rings is 1. The summed E-state index contributed by atoms with van der Waals surface area (Å²) in [5.74, 6) is 0.396. The molecule has 6 nitrogen and oxygen atoms in total. The van der Waals surface area contributed by atoms with Gasteiger partial charge in [0.15, 0.2) is 0 Å². The third kappa shape index (κ3) is 5.08. The second-order valence-electron chi connectivity index (χ2n) is 7.63. The van der Waals surface area contributed by atoms with Crippen LogP contribution < -0.4 is 9.64 Å². The van der Waals surface area contributed by atoms with Crippen LogP contribution in [0.25, 0.3) is 0 Å². The van der Waals surface area contributed by atoms with Gasteiger partial charge in [0, 0.05) is 32.1 Å². The number of carbonyl (C=O) groups excluding carboxylic acids is 2. The van der Waals surface area contributed by atoms with Gasteiger partial charge >= 0.3 is 6.03 Å². The molecular formula is C18H27BrN2O4Si. The Morgan fingerprint density at radius 1 is 1.23 bits per heavy atom. The zero-order chi connectivity index (χ0) is 19.5. The Bertz CT molecular complexity index is 691. The van der Waals surface area contributed by atoms with Gasteiger partial charge in [-0.3, -0.25) is 9.69 Å². The maximum Gasteiger partial charge on any atom is 0.333 e. The second-order valence-corrected chi connectivity index (χ2v) is 14.2. The van der Waals surface area contributed by atoms with Crippen molar-refractivity contribution in [2.24, 2.45) is 0 Å². The number of halogens is 1. The van der Waals surface area contributed by atoms with E-state index in [0.717, 1.165) is 16.1 Å². The van der Waals surface area contributed by atoms with Gasteiger partial charge in [0.2, 0.25) is 5.91 Å². The standard InChI is InChI=1S/C18H27BrN2O4Si/c1-13-10-14(19)11-15(24-2)17(13)20-7-6-16(22)21(18(20)23)12-25-8-9-26(3,4)5/h10-11H,6-9,12H2,1-5H3. The number of rotatable bonds is 7. The molecule has 144 valence electrons. The number of hydrogen-bond donors (Lipinski definition) is 0. The lowest BCUT2D eigenvalue weighted by molar-refractivity contribution is -0.133. The predicted octanol–water partition coefficient (Wildman–Crippen LogP) is 4.24. The van der Waals surface area contributed by atoms with Crippen LogP contribution in [0.2, 0.25) is 25.7 Å². The van der Waals surface area contributed by atoms with Gasteiger partial charge in [0.05, 0.1) is 12.8 Å². The first-order valence-corrected chi connectivity index (χ1v) is 13.2. The molecule has 1 aliphatic heterocycles. The molecule has 0 bridgehead atoms. The van der Waals surface area contributed by atoms with Crippen LogP contribution in [0, 0.1) is 6.92 Å². The van der Waals surface area contributed by atoms with Gasteiger partial charge in [-0.15, -0.1) is 0 Å². The van der Waals surface area contributed by atoms with E-state index in [-0.39, 0.29) is 25.1 Å². The lowest BCUT2D eigenvalue weighted by Crippen LogP contribution is -2.53. The van der Waals surface area contributed by atoms with E-state index in [4.69, 9.17) is 9.47 Å². The Morgan fingerprint density at radius 2 is 1.92 bits per heavy atom. The Morgan fingerprint density at radius 3 is 2.54 bits per heavy atom. The number of aryl methyl sites for hydroxylation is 1. The number of ether oxygens (including phenoxy) is 2. The number of urea groups is 1. The molecule has 0 aromatic heterocycles. The van der Waals surface area contributed by atoms with Crippen molar-refractivity contribution in [3.63, 3.8) is 0 Å². The van der Waals surface area contributed by atoms with E-state index in [1.165, 1.54) is 4.90 Å². The smallest absolute Gasteiger partial charge is 0.333 e. The van der Waals surface area contributed by atoms with Gasteiger partial charge in [-0.05, 0) is 30.7 Å². The molecule has 3 amide bonds. The fraction of sp³-hybridized carbons (Fsp3) is 0.556. The summed E-state index contributed by atoms with van der Waals surface area (Å²) >= 11 is 3.44. The lowest BCUT2D eigenvalue weighted by atomic mass is 10.1. The highest BCUT2D eigenvalue weighted by molar-refractivity contribution is 9.10. The summed E-state index contributed by atoms with van der Waals surface area (Å²) < 4.78 is 12.0. The molecule has 0 N–H and O–H groups in total. The van der Waals surface area contributed by atoms with Crippen molar-refractivity contribution in [2.45, 2.75) is 39.0 Å². The number of imide groups is 1. The number of methoxy groups -OCH3 is 1. The molecule has 0 saturated carbocycles. The lowest BCUT2D eigenvalue weighted by Gasteiger charge is -2.35. The van der Waals surface area contributed by atoms with E-state index in [1.54, 1.807) is 12.0 Å². The first-order chi connectivity index (χ1) is 12.1. The minimum absolute atomic E-state index is 0.00343. The number of anilines is 1. The maximum atomic E-state index is 12.9. The number of carbonyl (C=O) groups is 2. The van der Waals surface area contributed by atoms with Crippen LogP contribution in [0.5, 0.6) is 5.75 Å². The Kier molecular flexibility index (Phi) is 6.87. The molecule has 0 aliphatic carbocycles. The number of hydrogen-bond acceptors (Lipinski definition) is 4. The van der Waals surface area contributed by atoms with Gasteiger partial charge in [-0.1, -0.05) is 35.6 Å². The summed E-state index contributed by atoms with van der Waals surface area (Å²) in [6.45, 7) is 9.60. The highest BCUT2D eigenvalue weighted by Crippen LogP contribution is 2.36. The molecule has 0 unspecified atom stereocenters. The highest BCUT2D eigenvalue weighted by Gasteiger charge is 2.35. The van der Waals surface area contributed by atoms with E-state index in [2.05, 4.69) is 35.6 Å². The summed E-state index contributed by atoms with van der Waals surface area (Å²) in [7, 11) is 0.357. The van der Waals surface area contributed by atoms with Crippen LogP contribution in [-0.4, -0.2) is 51.9 Å². The molecule has 1 heterocycles. The molecule has 1 aliphatic rings. The quantitative estimate of drug-likeness (QED) is 0.467. The van der Waals surface area contributed by atoms with Gasteiger partial charge < -0.3 is 9.47 Å². The van der Waals surface area contributed by atoms with Gasteiger partial charge in [0.25, 0.3) is 0 Å². The van der Waals surface area contributed by atoms with Crippen molar-refractivity contribution in [1.82, 2.24) is 4.90 Å². The zero-order valence-corrected chi connectivity index (χ0v) is 18.7. The molecule has 8 heteroatoms. The number of nitrogens with zero attached hydrogens (tertiary/aromatic N) is 2. The molecule has 1 saturated heterocycles. The first kappa shape index (κ1) is 20.9. The maximum absolute atomic E-state index is 12.9. The topological polar surface area (TPSA) is 59.1 Å². The molecule has 1 aromatic rings. The van der Waals surface area contributed by atoms with Crippen molar-refractivity contribution in [3.8, 4) is 5.75 Å². The summed E-state index contributed by atoms with van der Waals surface area (Å²) in [5, 5.41) is 0. The summed E-state index contributed by atoms with van der Waals surface area (Å²) in [5.41, 5.74) is 1.60. The Hall–Kier alpha value is -1.38. The third-order valence-corrected chi connectivity index (χ3v) is 6.41. The van der Waals surface area contributed by atoms with Crippen molar-refractivity contribution >= 4 is 41.6 Å². The molecule has 1 fully saturated rings. The molecule has 0 radical (unpaired) electrons. The second kappa shape index (κ2) is 8.54. The van der Waals surface area contributed by atoms with Gasteiger partial charge in [-0.25, -0.2) is 9.69 Å². The molecule has 0 atom stereocenters. The van der Waals surface area contributed by atoms with Crippen LogP contribution >= 0.6 is 15.9 Å². The summed E-state index contributed by atoms with van der Waals surface area (Å²) in [4.78, 5) is 27.9. The van der Waals surface area contributed by atoms with Crippen molar-refractivity contribution in [3.05, 3.63) is 22.2 Å². The van der Waals surface area contributed by atoms with Crippen LogP contribution in [-0.2, 0) is 9.53 Å². The molecule has 0 spiro atoms. The number of amides is 3. The van der Waals surface area contributed by atoms with Crippen LogP contribution in [0.3, 0.4) is 0 Å². The average Bonchev–Trinajstić information content (AvgIpc) is 2.53. The fourth-order valence-electron chi connectivity index (χ4n) is 2.77. The average molecular weight is 443 g/mol. The Labute approximate surface area is 164 Å². The monoisotopic (exact) mass is 442 g/mol. The minimum Gasteiger partial charge on any atom is -0.495 e. The van der Waals surface area contributed by atoms with E-state index in [1.807, 2.05) is 19.1 Å². The SMILES string of the molecule is COc1cc(Br)cc(C)c1N1CCC(=O)N(COCC[Si](C)(C)C)C1=O. The van der Waals surface area contributed by atoms with Gasteiger partial charge in [0.1, 0.15) is 12.5 Å². The van der Waals surface area contributed by atoms with Crippen LogP contribution in [0.1, 0.15) is 12.0 Å².